The second kappa shape index (κ2) is 8.05. The third-order valence-electron chi connectivity index (χ3n) is 4.82. The van der Waals surface area contributed by atoms with Crippen LogP contribution in [0.15, 0.2) is 23.3 Å². The maximum absolute atomic E-state index is 12.0. The Kier molecular flexibility index (Phi) is 5.90. The van der Waals surface area contributed by atoms with Crippen LogP contribution in [-0.2, 0) is 14.6 Å². The highest BCUT2D eigenvalue weighted by molar-refractivity contribution is 7.91. The number of hydrazone groups is 1. The zero-order valence-corrected chi connectivity index (χ0v) is 17.6. The molecule has 0 bridgehead atoms. The summed E-state index contributed by atoms with van der Waals surface area (Å²) in [6, 6.07) is 6.04. The van der Waals surface area contributed by atoms with Gasteiger partial charge in [0, 0.05) is 6.42 Å². The first-order valence-corrected chi connectivity index (χ1v) is 11.2. The molecule has 1 aromatic carbocycles. The van der Waals surface area contributed by atoms with Gasteiger partial charge in [-0.3, -0.25) is 4.79 Å². The molecule has 1 aliphatic rings. The predicted octanol–water partition coefficient (Wildman–Crippen LogP) is 2.73. The van der Waals surface area contributed by atoms with Crippen molar-refractivity contribution in [3.8, 4) is 5.69 Å². The fourth-order valence-corrected chi connectivity index (χ4v) is 5.45. The SMILES string of the molecule is Cc1ccc(C)c(-n2nc(C)c(/C=N\NC(=O)C[C@H]3CCS(=O)(=O)C3)c2Cl)c1. The van der Waals surface area contributed by atoms with E-state index in [1.807, 2.05) is 39.0 Å². The van der Waals surface area contributed by atoms with Crippen molar-refractivity contribution in [1.82, 2.24) is 15.2 Å². The number of halogens is 1. The van der Waals surface area contributed by atoms with Crippen LogP contribution in [0.1, 0.15) is 35.2 Å². The van der Waals surface area contributed by atoms with Crippen molar-refractivity contribution in [2.45, 2.75) is 33.6 Å². The molecule has 0 unspecified atom stereocenters. The molecule has 0 spiro atoms. The number of aromatic nitrogens is 2. The van der Waals surface area contributed by atoms with Crippen molar-refractivity contribution in [2.24, 2.45) is 11.0 Å². The Bertz CT molecular complexity index is 1040. The average molecular weight is 423 g/mol. The van der Waals surface area contributed by atoms with Crippen molar-refractivity contribution in [2.75, 3.05) is 11.5 Å². The number of hydrogen-bond donors (Lipinski definition) is 1. The van der Waals surface area contributed by atoms with Crippen molar-refractivity contribution >= 4 is 33.6 Å². The van der Waals surface area contributed by atoms with Gasteiger partial charge in [0.05, 0.1) is 34.7 Å². The minimum absolute atomic E-state index is 0.0671. The van der Waals surface area contributed by atoms with Crippen LogP contribution in [-0.4, -0.2) is 41.8 Å². The molecule has 0 aliphatic carbocycles. The van der Waals surface area contributed by atoms with E-state index < -0.39 is 9.84 Å². The van der Waals surface area contributed by atoms with Gasteiger partial charge in [-0.05, 0) is 50.3 Å². The van der Waals surface area contributed by atoms with Crippen LogP contribution in [0, 0.1) is 26.7 Å². The summed E-state index contributed by atoms with van der Waals surface area (Å²) in [4.78, 5) is 12.0. The lowest BCUT2D eigenvalue weighted by Gasteiger charge is -2.08. The molecule has 0 saturated carbocycles. The molecule has 150 valence electrons. The Labute approximate surface area is 169 Å². The molecule has 1 atom stereocenters. The first-order valence-electron chi connectivity index (χ1n) is 9.01. The molecule has 1 amide bonds. The van der Waals surface area contributed by atoms with Crippen LogP contribution < -0.4 is 5.43 Å². The Balaban J connectivity index is 1.70. The summed E-state index contributed by atoms with van der Waals surface area (Å²) >= 11 is 6.50. The number of nitrogens with one attached hydrogen (secondary N) is 1. The average Bonchev–Trinajstić information content (AvgIpc) is 3.09. The predicted molar refractivity (Wildman–Crippen MR) is 110 cm³/mol. The van der Waals surface area contributed by atoms with Gasteiger partial charge in [0.2, 0.25) is 5.91 Å². The number of carbonyl (C=O) groups excluding carboxylic acids is 1. The van der Waals surface area contributed by atoms with Gasteiger partial charge < -0.3 is 0 Å². The third kappa shape index (κ3) is 4.62. The molecule has 1 aliphatic heterocycles. The standard InChI is InChI=1S/C19H23ClN4O3S/c1-12-4-5-13(2)17(8-12)24-19(20)16(14(3)23-24)10-21-22-18(25)9-15-6-7-28(26,27)11-15/h4-5,8,10,15H,6-7,9,11H2,1-3H3,(H,22,25)/b21-10-/t15-/m1/s1. The maximum Gasteiger partial charge on any atom is 0.240 e. The number of aryl methyl sites for hydroxylation is 3. The van der Waals surface area contributed by atoms with E-state index in [2.05, 4.69) is 15.6 Å². The Morgan fingerprint density at radius 3 is 2.82 bits per heavy atom. The molecular weight excluding hydrogens is 400 g/mol. The van der Waals surface area contributed by atoms with Crippen molar-refractivity contribution in [3.63, 3.8) is 0 Å². The van der Waals surface area contributed by atoms with Gasteiger partial charge in [0.1, 0.15) is 5.15 Å². The summed E-state index contributed by atoms with van der Waals surface area (Å²) in [5.41, 5.74) is 6.78. The molecule has 7 nitrogen and oxygen atoms in total. The van der Waals surface area contributed by atoms with E-state index in [9.17, 15) is 13.2 Å². The highest BCUT2D eigenvalue weighted by Crippen LogP contribution is 2.25. The molecular formula is C19H23ClN4O3S. The number of sulfone groups is 1. The lowest BCUT2D eigenvalue weighted by Crippen LogP contribution is -2.21. The third-order valence-corrected chi connectivity index (χ3v) is 7.03. The van der Waals surface area contributed by atoms with Crippen LogP contribution in [0.2, 0.25) is 5.15 Å². The van der Waals surface area contributed by atoms with Crippen molar-refractivity contribution in [3.05, 3.63) is 45.7 Å². The largest absolute Gasteiger partial charge is 0.273 e. The number of benzene rings is 1. The van der Waals surface area contributed by atoms with Crippen molar-refractivity contribution < 1.29 is 13.2 Å². The second-order valence-electron chi connectivity index (χ2n) is 7.26. The monoisotopic (exact) mass is 422 g/mol. The maximum atomic E-state index is 12.0. The Hall–Kier alpha value is -2.19. The molecule has 3 rings (SSSR count). The highest BCUT2D eigenvalue weighted by Gasteiger charge is 2.29. The van der Waals surface area contributed by atoms with E-state index in [0.717, 1.165) is 16.8 Å². The van der Waals surface area contributed by atoms with E-state index in [1.54, 1.807) is 4.68 Å². The number of carbonyl (C=O) groups is 1. The number of rotatable bonds is 5. The summed E-state index contributed by atoms with van der Waals surface area (Å²) in [7, 11) is -2.99. The summed E-state index contributed by atoms with van der Waals surface area (Å²) in [5, 5.41) is 8.88. The van der Waals surface area contributed by atoms with Crippen LogP contribution in [0.4, 0.5) is 0 Å². The van der Waals surface area contributed by atoms with Gasteiger partial charge >= 0.3 is 0 Å². The van der Waals surface area contributed by atoms with E-state index >= 15 is 0 Å². The molecule has 0 radical (unpaired) electrons. The summed E-state index contributed by atoms with van der Waals surface area (Å²) in [5.74, 6) is -0.232. The fraction of sp³-hybridized carbons (Fsp3) is 0.421. The fourth-order valence-electron chi connectivity index (χ4n) is 3.27. The zero-order chi connectivity index (χ0) is 20.5. The molecule has 2 heterocycles. The van der Waals surface area contributed by atoms with E-state index in [-0.39, 0.29) is 29.8 Å². The van der Waals surface area contributed by atoms with Gasteiger partial charge in [0.25, 0.3) is 0 Å². The topological polar surface area (TPSA) is 93.4 Å². The zero-order valence-electron chi connectivity index (χ0n) is 16.1. The number of hydrogen-bond acceptors (Lipinski definition) is 5. The quantitative estimate of drug-likeness (QED) is 0.592. The Morgan fingerprint density at radius 1 is 1.39 bits per heavy atom. The molecule has 9 heteroatoms. The van der Waals surface area contributed by atoms with Gasteiger partial charge in [-0.1, -0.05) is 23.7 Å². The first kappa shape index (κ1) is 20.5. The van der Waals surface area contributed by atoms with Gasteiger partial charge in [-0.25, -0.2) is 18.5 Å². The first-order chi connectivity index (χ1) is 13.2. The van der Waals surface area contributed by atoms with Crippen molar-refractivity contribution in [1.29, 1.82) is 0 Å². The lowest BCUT2D eigenvalue weighted by atomic mass is 10.1. The number of nitrogens with zero attached hydrogens (tertiary/aromatic N) is 3. The van der Waals surface area contributed by atoms with Gasteiger partial charge in [-0.2, -0.15) is 10.2 Å². The van der Waals surface area contributed by atoms with E-state index in [0.29, 0.717) is 22.8 Å². The van der Waals surface area contributed by atoms with Gasteiger partial charge in [-0.15, -0.1) is 0 Å². The van der Waals surface area contributed by atoms with E-state index in [4.69, 9.17) is 11.6 Å². The molecule has 1 fully saturated rings. The summed E-state index contributed by atoms with van der Waals surface area (Å²) in [6.07, 6.45) is 2.13. The van der Waals surface area contributed by atoms with Crippen LogP contribution >= 0.6 is 11.6 Å². The summed E-state index contributed by atoms with van der Waals surface area (Å²) in [6.45, 7) is 5.81. The minimum atomic E-state index is -2.99. The van der Waals surface area contributed by atoms with Crippen LogP contribution in [0.25, 0.3) is 5.69 Å². The molecule has 2 aromatic rings. The minimum Gasteiger partial charge on any atom is -0.273 e. The number of amides is 1. The van der Waals surface area contributed by atoms with Crippen LogP contribution in [0.3, 0.4) is 0 Å². The van der Waals surface area contributed by atoms with E-state index in [1.165, 1.54) is 6.21 Å². The van der Waals surface area contributed by atoms with Crippen LogP contribution in [0.5, 0.6) is 0 Å². The normalized spacial score (nSPS) is 18.6. The van der Waals surface area contributed by atoms with Gasteiger partial charge in [0.15, 0.2) is 9.84 Å². The Morgan fingerprint density at radius 2 is 2.14 bits per heavy atom. The molecule has 1 saturated heterocycles. The molecule has 1 N–H and O–H groups in total. The second-order valence-corrected chi connectivity index (χ2v) is 9.84. The molecule has 1 aromatic heterocycles. The summed E-state index contributed by atoms with van der Waals surface area (Å²) < 4.78 is 24.6. The lowest BCUT2D eigenvalue weighted by molar-refractivity contribution is -0.121. The molecule has 28 heavy (non-hydrogen) atoms. The smallest absolute Gasteiger partial charge is 0.240 e. The highest BCUT2D eigenvalue weighted by atomic mass is 35.5.